The van der Waals surface area contributed by atoms with Gasteiger partial charge in [-0.05, 0) is 55.5 Å². The molecule has 136 valence electrons. The van der Waals surface area contributed by atoms with Gasteiger partial charge < -0.3 is 15.3 Å². The summed E-state index contributed by atoms with van der Waals surface area (Å²) in [4.78, 5) is 26.3. The van der Waals surface area contributed by atoms with Gasteiger partial charge in [0.1, 0.15) is 0 Å². The summed E-state index contributed by atoms with van der Waals surface area (Å²) in [6.07, 6.45) is 2.18. The van der Waals surface area contributed by atoms with E-state index in [1.807, 2.05) is 25.1 Å². The fourth-order valence-corrected chi connectivity index (χ4v) is 3.31. The molecule has 2 aromatic carbocycles. The number of carboxylic acids is 1. The minimum atomic E-state index is -1.00. The van der Waals surface area contributed by atoms with Gasteiger partial charge in [-0.25, -0.2) is 4.79 Å². The number of nitrogens with one attached hydrogen (secondary N) is 1. The second kappa shape index (κ2) is 7.60. The van der Waals surface area contributed by atoms with Gasteiger partial charge in [0.25, 0.3) is 5.91 Å². The van der Waals surface area contributed by atoms with Crippen LogP contribution in [0.5, 0.6) is 0 Å². The van der Waals surface area contributed by atoms with E-state index in [1.54, 1.807) is 24.3 Å². The van der Waals surface area contributed by atoms with Gasteiger partial charge in [-0.3, -0.25) is 4.79 Å². The maximum atomic E-state index is 12.7. The van der Waals surface area contributed by atoms with E-state index in [-0.39, 0.29) is 11.5 Å². The quantitative estimate of drug-likeness (QED) is 0.866. The number of aryl methyl sites for hydroxylation is 1. The summed E-state index contributed by atoms with van der Waals surface area (Å²) in [6.45, 7) is 5.93. The second-order valence-electron chi connectivity index (χ2n) is 6.98. The van der Waals surface area contributed by atoms with Gasteiger partial charge in [-0.2, -0.15) is 0 Å². The third-order valence-corrected chi connectivity index (χ3v) is 5.01. The molecule has 3 rings (SSSR count). The first-order valence-corrected chi connectivity index (χ1v) is 8.95. The number of aromatic carboxylic acids is 1. The number of carbonyl (C=O) groups is 2. The van der Waals surface area contributed by atoms with Crippen LogP contribution in [0.25, 0.3) is 0 Å². The standard InChI is InChI=1S/C21H24N2O3/c1-14-9-11-23(12-10-14)19-8-7-16(21(25)26)13-18(19)22-20(24)17-6-4-3-5-15(17)2/h3-8,13-14H,9-12H2,1-2H3,(H,22,24)(H,25,26). The van der Waals surface area contributed by atoms with E-state index in [0.29, 0.717) is 17.2 Å². The molecule has 2 aromatic rings. The fraction of sp³-hybridized carbons (Fsp3) is 0.333. The van der Waals surface area contributed by atoms with Crippen LogP contribution in [0.4, 0.5) is 11.4 Å². The smallest absolute Gasteiger partial charge is 0.335 e. The van der Waals surface area contributed by atoms with Crippen molar-refractivity contribution in [3.05, 3.63) is 59.2 Å². The Kier molecular flexibility index (Phi) is 5.26. The highest BCUT2D eigenvalue weighted by molar-refractivity contribution is 6.07. The average Bonchev–Trinajstić information content (AvgIpc) is 2.62. The van der Waals surface area contributed by atoms with Gasteiger partial charge in [-0.1, -0.05) is 25.1 Å². The molecule has 0 unspecified atom stereocenters. The lowest BCUT2D eigenvalue weighted by molar-refractivity contribution is 0.0696. The molecule has 0 saturated carbocycles. The van der Waals surface area contributed by atoms with E-state index in [4.69, 9.17) is 0 Å². The van der Waals surface area contributed by atoms with Crippen LogP contribution < -0.4 is 10.2 Å². The maximum Gasteiger partial charge on any atom is 0.335 e. The van der Waals surface area contributed by atoms with E-state index in [1.165, 1.54) is 0 Å². The lowest BCUT2D eigenvalue weighted by Crippen LogP contribution is -2.33. The molecule has 1 fully saturated rings. The third kappa shape index (κ3) is 3.87. The number of piperidine rings is 1. The number of hydrogen-bond acceptors (Lipinski definition) is 3. The number of anilines is 2. The second-order valence-corrected chi connectivity index (χ2v) is 6.98. The number of benzene rings is 2. The number of rotatable bonds is 4. The molecule has 1 aliphatic rings. The molecule has 1 saturated heterocycles. The number of carboxylic acid groups (broad SMARTS) is 1. The van der Waals surface area contributed by atoms with E-state index >= 15 is 0 Å². The van der Waals surface area contributed by atoms with Crippen molar-refractivity contribution in [3.8, 4) is 0 Å². The third-order valence-electron chi connectivity index (χ3n) is 5.01. The van der Waals surface area contributed by atoms with Crippen molar-refractivity contribution in [2.24, 2.45) is 5.92 Å². The normalized spacial score (nSPS) is 14.9. The van der Waals surface area contributed by atoms with Gasteiger partial charge >= 0.3 is 5.97 Å². The summed E-state index contributed by atoms with van der Waals surface area (Å²) >= 11 is 0. The zero-order valence-electron chi connectivity index (χ0n) is 15.2. The van der Waals surface area contributed by atoms with Crippen LogP contribution in [0.15, 0.2) is 42.5 Å². The molecule has 0 atom stereocenters. The highest BCUT2D eigenvalue weighted by Crippen LogP contribution is 2.31. The van der Waals surface area contributed by atoms with Crippen molar-refractivity contribution < 1.29 is 14.7 Å². The summed E-state index contributed by atoms with van der Waals surface area (Å²) in [5.74, 6) is -0.540. The van der Waals surface area contributed by atoms with Crippen molar-refractivity contribution >= 4 is 23.3 Å². The molecular formula is C21H24N2O3. The zero-order chi connectivity index (χ0) is 18.7. The van der Waals surface area contributed by atoms with Crippen LogP contribution in [-0.4, -0.2) is 30.1 Å². The molecule has 0 bridgehead atoms. The van der Waals surface area contributed by atoms with Crippen molar-refractivity contribution in [3.63, 3.8) is 0 Å². The number of carbonyl (C=O) groups excluding carboxylic acids is 1. The first-order chi connectivity index (χ1) is 12.5. The molecule has 1 heterocycles. The summed E-state index contributed by atoms with van der Waals surface area (Å²) in [5.41, 5.74) is 3.06. The molecule has 0 aromatic heterocycles. The topological polar surface area (TPSA) is 69.6 Å². The Bertz CT molecular complexity index is 824. The summed E-state index contributed by atoms with van der Waals surface area (Å²) in [7, 11) is 0. The van der Waals surface area contributed by atoms with Crippen LogP contribution in [0.2, 0.25) is 0 Å². The van der Waals surface area contributed by atoms with Crippen molar-refractivity contribution in [1.29, 1.82) is 0 Å². The van der Waals surface area contributed by atoms with Gasteiger partial charge in [0, 0.05) is 18.7 Å². The van der Waals surface area contributed by atoms with E-state index < -0.39 is 5.97 Å². The Morgan fingerprint density at radius 1 is 1.12 bits per heavy atom. The Labute approximate surface area is 153 Å². The van der Waals surface area contributed by atoms with Crippen LogP contribution in [0.3, 0.4) is 0 Å². The number of hydrogen-bond donors (Lipinski definition) is 2. The van der Waals surface area contributed by atoms with Crippen molar-refractivity contribution in [2.45, 2.75) is 26.7 Å². The predicted molar refractivity (Wildman–Crippen MR) is 103 cm³/mol. The number of nitrogens with zero attached hydrogens (tertiary/aromatic N) is 1. The molecule has 5 heteroatoms. The molecule has 2 N–H and O–H groups in total. The minimum Gasteiger partial charge on any atom is -0.478 e. The maximum absolute atomic E-state index is 12.7. The van der Waals surface area contributed by atoms with Gasteiger partial charge in [0.05, 0.1) is 16.9 Å². The molecule has 1 amide bonds. The van der Waals surface area contributed by atoms with E-state index in [9.17, 15) is 14.7 Å². The Balaban J connectivity index is 1.92. The monoisotopic (exact) mass is 352 g/mol. The largest absolute Gasteiger partial charge is 0.478 e. The Morgan fingerprint density at radius 3 is 2.46 bits per heavy atom. The molecule has 5 nitrogen and oxygen atoms in total. The Hall–Kier alpha value is -2.82. The van der Waals surface area contributed by atoms with Crippen LogP contribution >= 0.6 is 0 Å². The lowest BCUT2D eigenvalue weighted by atomic mass is 9.98. The average molecular weight is 352 g/mol. The van der Waals surface area contributed by atoms with Crippen LogP contribution in [0, 0.1) is 12.8 Å². The van der Waals surface area contributed by atoms with Crippen LogP contribution in [0.1, 0.15) is 46.0 Å². The first-order valence-electron chi connectivity index (χ1n) is 8.95. The highest BCUT2D eigenvalue weighted by atomic mass is 16.4. The molecule has 0 radical (unpaired) electrons. The van der Waals surface area contributed by atoms with E-state index in [2.05, 4.69) is 17.1 Å². The molecular weight excluding hydrogens is 328 g/mol. The first kappa shape index (κ1) is 18.0. The van der Waals surface area contributed by atoms with Crippen molar-refractivity contribution in [1.82, 2.24) is 0 Å². The molecule has 0 spiro atoms. The Morgan fingerprint density at radius 2 is 1.81 bits per heavy atom. The SMILES string of the molecule is Cc1ccccc1C(=O)Nc1cc(C(=O)O)ccc1N1CCC(C)CC1. The number of amides is 1. The summed E-state index contributed by atoms with van der Waals surface area (Å²) in [5, 5.41) is 12.2. The molecule has 26 heavy (non-hydrogen) atoms. The molecule has 0 aliphatic carbocycles. The molecule has 1 aliphatic heterocycles. The predicted octanol–water partition coefficient (Wildman–Crippen LogP) is 4.18. The van der Waals surface area contributed by atoms with Gasteiger partial charge in [0.15, 0.2) is 0 Å². The van der Waals surface area contributed by atoms with E-state index in [0.717, 1.165) is 37.2 Å². The fourth-order valence-electron chi connectivity index (χ4n) is 3.31. The van der Waals surface area contributed by atoms with Gasteiger partial charge in [-0.15, -0.1) is 0 Å². The van der Waals surface area contributed by atoms with Crippen molar-refractivity contribution in [2.75, 3.05) is 23.3 Å². The summed E-state index contributed by atoms with van der Waals surface area (Å²) in [6, 6.07) is 12.3. The zero-order valence-corrected chi connectivity index (χ0v) is 15.2. The minimum absolute atomic E-state index is 0.166. The van der Waals surface area contributed by atoms with Gasteiger partial charge in [0.2, 0.25) is 0 Å². The highest BCUT2D eigenvalue weighted by Gasteiger charge is 2.21. The summed E-state index contributed by atoms with van der Waals surface area (Å²) < 4.78 is 0. The lowest BCUT2D eigenvalue weighted by Gasteiger charge is -2.33. The van der Waals surface area contributed by atoms with Crippen LogP contribution in [-0.2, 0) is 0 Å².